The Labute approximate surface area is 223 Å². The summed E-state index contributed by atoms with van der Waals surface area (Å²) in [5, 5.41) is 3.32. The molecular weight excluding hydrogens is 480 g/mol. The Bertz CT molecular complexity index is 1300. The zero-order valence-corrected chi connectivity index (χ0v) is 21.3. The molecule has 2 aliphatic rings. The van der Waals surface area contributed by atoms with Gasteiger partial charge in [0.2, 0.25) is 11.9 Å². The lowest BCUT2D eigenvalue weighted by atomic mass is 10.1. The Morgan fingerprint density at radius 3 is 2.61 bits per heavy atom. The summed E-state index contributed by atoms with van der Waals surface area (Å²) >= 11 is 0. The van der Waals surface area contributed by atoms with Crippen molar-refractivity contribution in [3.63, 3.8) is 0 Å². The minimum atomic E-state index is 0.0338. The molecular formula is C30H32N4O4. The molecule has 1 N–H and O–H groups in total. The molecule has 0 saturated carbocycles. The van der Waals surface area contributed by atoms with Crippen molar-refractivity contribution in [3.05, 3.63) is 90.2 Å². The Morgan fingerprint density at radius 2 is 1.79 bits per heavy atom. The molecule has 0 spiro atoms. The maximum atomic E-state index is 12.3. The molecule has 0 unspecified atom stereocenters. The molecule has 2 aliphatic heterocycles. The van der Waals surface area contributed by atoms with Crippen LogP contribution in [0, 0.1) is 0 Å². The fourth-order valence-corrected chi connectivity index (χ4v) is 4.37. The Hall–Kier alpha value is -4.01. The van der Waals surface area contributed by atoms with Crippen LogP contribution >= 0.6 is 0 Å². The van der Waals surface area contributed by atoms with Crippen molar-refractivity contribution in [2.24, 2.45) is 0 Å². The van der Waals surface area contributed by atoms with Crippen LogP contribution in [0.5, 0.6) is 5.75 Å². The molecule has 5 rings (SSSR count). The monoisotopic (exact) mass is 512 g/mol. The first-order valence-corrected chi connectivity index (χ1v) is 13.0. The van der Waals surface area contributed by atoms with E-state index in [0.717, 1.165) is 54.0 Å². The molecule has 1 saturated heterocycles. The summed E-state index contributed by atoms with van der Waals surface area (Å²) in [6.45, 7) is 3.88. The number of hydrogen-bond acceptors (Lipinski definition) is 7. The summed E-state index contributed by atoms with van der Waals surface area (Å²) < 4.78 is 17.6. The number of likely N-dealkylation sites (tertiary alicyclic amines) is 1. The number of anilines is 2. The van der Waals surface area contributed by atoms with Crippen molar-refractivity contribution < 1.29 is 19.0 Å². The molecule has 2 aromatic carbocycles. The lowest BCUT2D eigenvalue weighted by Crippen LogP contribution is -2.25. The number of ether oxygens (including phenoxy) is 3. The summed E-state index contributed by atoms with van der Waals surface area (Å²) in [5.41, 5.74) is 4.56. The SMILES string of the molecule is O=C(/C=C/COc1ccc2cc1Nc1nccc(n1)-c1cccc(c1)COC/C=C/COC2)N1CCCC1. The molecule has 1 aromatic heterocycles. The maximum Gasteiger partial charge on any atom is 0.246 e. The quantitative estimate of drug-likeness (QED) is 0.387. The van der Waals surface area contributed by atoms with Crippen LogP contribution in [-0.4, -0.2) is 53.7 Å². The minimum absolute atomic E-state index is 0.0338. The maximum absolute atomic E-state index is 12.3. The summed E-state index contributed by atoms with van der Waals surface area (Å²) in [5.74, 6) is 1.12. The standard InChI is InChI=1S/C30H32N4O4/c35-29(34-14-1-2-15-34)9-6-18-38-28-11-10-24-20-27(28)33-30-31-13-12-26(32-30)25-8-5-7-23(19-25)21-36-16-3-4-17-37-22-24/h3-13,19-20H,1-2,14-18,21-22H2,(H,31,32,33)/b4-3+,9-6+. The highest BCUT2D eigenvalue weighted by Gasteiger charge is 2.15. The van der Waals surface area contributed by atoms with E-state index in [-0.39, 0.29) is 12.5 Å². The number of carbonyl (C=O) groups excluding carboxylic acids is 1. The molecule has 196 valence electrons. The molecule has 3 heterocycles. The molecule has 0 atom stereocenters. The van der Waals surface area contributed by atoms with Crippen molar-refractivity contribution in [2.75, 3.05) is 38.2 Å². The van der Waals surface area contributed by atoms with Gasteiger partial charge in [-0.2, -0.15) is 0 Å². The summed E-state index contributed by atoms with van der Waals surface area (Å²) in [4.78, 5) is 23.3. The van der Waals surface area contributed by atoms with Gasteiger partial charge in [0.05, 0.1) is 37.8 Å². The normalized spacial score (nSPS) is 16.9. The summed E-state index contributed by atoms with van der Waals surface area (Å²) in [6, 6.07) is 15.9. The Morgan fingerprint density at radius 1 is 1.00 bits per heavy atom. The number of nitrogens with zero attached hydrogens (tertiary/aromatic N) is 3. The first-order chi connectivity index (χ1) is 18.7. The molecule has 0 radical (unpaired) electrons. The van der Waals surface area contributed by atoms with Crippen molar-refractivity contribution >= 4 is 17.5 Å². The van der Waals surface area contributed by atoms with E-state index in [1.165, 1.54) is 0 Å². The number of rotatable bonds is 4. The van der Waals surface area contributed by atoms with Gasteiger partial charge in [0, 0.05) is 30.9 Å². The van der Waals surface area contributed by atoms with Crippen LogP contribution in [0.4, 0.5) is 11.6 Å². The lowest BCUT2D eigenvalue weighted by molar-refractivity contribution is -0.125. The van der Waals surface area contributed by atoms with Crippen LogP contribution in [0.15, 0.2) is 79.0 Å². The zero-order valence-electron chi connectivity index (χ0n) is 21.3. The second-order valence-corrected chi connectivity index (χ2v) is 9.17. The van der Waals surface area contributed by atoms with Gasteiger partial charge in [-0.25, -0.2) is 9.97 Å². The highest BCUT2D eigenvalue weighted by Crippen LogP contribution is 2.29. The first-order valence-electron chi connectivity index (χ1n) is 13.0. The molecule has 6 bridgehead atoms. The largest absolute Gasteiger partial charge is 0.487 e. The second kappa shape index (κ2) is 13.0. The van der Waals surface area contributed by atoms with Gasteiger partial charge in [0.25, 0.3) is 0 Å². The van der Waals surface area contributed by atoms with E-state index in [2.05, 4.69) is 16.4 Å². The number of amides is 1. The average molecular weight is 513 g/mol. The van der Waals surface area contributed by atoms with Crippen LogP contribution in [0.2, 0.25) is 0 Å². The minimum Gasteiger partial charge on any atom is -0.487 e. The Balaban J connectivity index is 1.37. The number of fused-ring (bicyclic) bond motifs is 7. The topological polar surface area (TPSA) is 85.8 Å². The predicted molar refractivity (Wildman–Crippen MR) is 146 cm³/mol. The van der Waals surface area contributed by atoms with E-state index < -0.39 is 0 Å². The van der Waals surface area contributed by atoms with E-state index >= 15 is 0 Å². The molecule has 8 nitrogen and oxygen atoms in total. The summed E-state index contributed by atoms with van der Waals surface area (Å²) in [6.07, 6.45) is 11.2. The van der Waals surface area contributed by atoms with E-state index in [4.69, 9.17) is 19.2 Å². The highest BCUT2D eigenvalue weighted by atomic mass is 16.5. The molecule has 1 amide bonds. The first kappa shape index (κ1) is 25.6. The lowest BCUT2D eigenvalue weighted by Gasteiger charge is -2.15. The van der Waals surface area contributed by atoms with Crippen LogP contribution < -0.4 is 10.1 Å². The number of nitrogens with one attached hydrogen (secondary N) is 1. The highest BCUT2D eigenvalue weighted by molar-refractivity contribution is 5.87. The second-order valence-electron chi connectivity index (χ2n) is 9.17. The molecule has 1 fully saturated rings. The van der Waals surface area contributed by atoms with Crippen molar-refractivity contribution in [2.45, 2.75) is 26.1 Å². The van der Waals surface area contributed by atoms with Gasteiger partial charge < -0.3 is 24.4 Å². The molecule has 8 heteroatoms. The third kappa shape index (κ3) is 7.06. The fourth-order valence-electron chi connectivity index (χ4n) is 4.37. The van der Waals surface area contributed by atoms with Crippen LogP contribution in [0.3, 0.4) is 0 Å². The van der Waals surface area contributed by atoms with E-state index in [9.17, 15) is 4.79 Å². The zero-order chi connectivity index (χ0) is 26.0. The van der Waals surface area contributed by atoms with E-state index in [1.54, 1.807) is 18.3 Å². The van der Waals surface area contributed by atoms with Crippen molar-refractivity contribution in [1.82, 2.24) is 14.9 Å². The van der Waals surface area contributed by atoms with Crippen molar-refractivity contribution in [3.8, 4) is 17.0 Å². The number of hydrogen-bond donors (Lipinski definition) is 1. The van der Waals surface area contributed by atoms with Gasteiger partial charge in [0.1, 0.15) is 12.4 Å². The number of carbonyl (C=O) groups is 1. The van der Waals surface area contributed by atoms with Gasteiger partial charge >= 0.3 is 0 Å². The molecule has 38 heavy (non-hydrogen) atoms. The van der Waals surface area contributed by atoms with Crippen LogP contribution in [0.25, 0.3) is 11.3 Å². The van der Waals surface area contributed by atoms with Crippen molar-refractivity contribution in [1.29, 1.82) is 0 Å². The smallest absolute Gasteiger partial charge is 0.246 e. The van der Waals surface area contributed by atoms with E-state index in [0.29, 0.717) is 38.1 Å². The predicted octanol–water partition coefficient (Wildman–Crippen LogP) is 5.05. The fraction of sp³-hybridized carbons (Fsp3) is 0.300. The van der Waals surface area contributed by atoms with Gasteiger partial charge in [0.15, 0.2) is 0 Å². The van der Waals surface area contributed by atoms with Crippen LogP contribution in [0.1, 0.15) is 24.0 Å². The molecule has 3 aromatic rings. The average Bonchev–Trinajstić information content (AvgIpc) is 3.49. The van der Waals surface area contributed by atoms with E-state index in [1.807, 2.05) is 59.5 Å². The number of aromatic nitrogens is 2. The number of benzene rings is 2. The third-order valence-corrected chi connectivity index (χ3v) is 6.31. The summed E-state index contributed by atoms with van der Waals surface area (Å²) in [7, 11) is 0. The third-order valence-electron chi connectivity index (χ3n) is 6.31. The van der Waals surface area contributed by atoms with Gasteiger partial charge in [-0.15, -0.1) is 0 Å². The van der Waals surface area contributed by atoms with Gasteiger partial charge in [-0.1, -0.05) is 36.4 Å². The van der Waals surface area contributed by atoms with Gasteiger partial charge in [-0.3, -0.25) is 4.79 Å². The Kier molecular flexibility index (Phi) is 8.76. The molecule has 0 aliphatic carbocycles. The van der Waals surface area contributed by atoms with Crippen LogP contribution in [-0.2, 0) is 27.5 Å². The van der Waals surface area contributed by atoms with Gasteiger partial charge in [-0.05, 0) is 54.3 Å².